The predicted octanol–water partition coefficient (Wildman–Crippen LogP) is 1.86. The van der Waals surface area contributed by atoms with Crippen LogP contribution in [0, 0.1) is 11.8 Å². The molecule has 13 heavy (non-hydrogen) atoms. The highest BCUT2D eigenvalue weighted by molar-refractivity contribution is 5.67. The van der Waals surface area contributed by atoms with Gasteiger partial charge >= 0.3 is 5.97 Å². The number of carboxylic acids is 1. The van der Waals surface area contributed by atoms with E-state index in [2.05, 4.69) is 13.8 Å². The summed E-state index contributed by atoms with van der Waals surface area (Å²) in [6.07, 6.45) is 2.22. The third-order valence-corrected chi connectivity index (χ3v) is 2.74. The first-order valence-corrected chi connectivity index (χ1v) is 5.00. The van der Waals surface area contributed by atoms with Crippen molar-refractivity contribution in [2.45, 2.75) is 46.1 Å². The van der Waals surface area contributed by atoms with Crippen LogP contribution in [0.25, 0.3) is 0 Å². The Bertz CT molecular complexity index is 153. The van der Waals surface area contributed by atoms with Gasteiger partial charge < -0.3 is 10.8 Å². The molecule has 0 spiro atoms. The molecule has 0 aromatic carbocycles. The molecule has 0 aliphatic rings. The number of aliphatic carboxylic acids is 1. The Hall–Kier alpha value is -0.570. The van der Waals surface area contributed by atoms with Gasteiger partial charge in [-0.2, -0.15) is 0 Å². The summed E-state index contributed by atoms with van der Waals surface area (Å²) < 4.78 is 0. The SMILES string of the molecule is CCC(CC)C(CC(=O)O)C(C)N. The van der Waals surface area contributed by atoms with E-state index >= 15 is 0 Å². The second-order valence-corrected chi connectivity index (χ2v) is 3.70. The zero-order chi connectivity index (χ0) is 10.4. The molecule has 3 N–H and O–H groups in total. The maximum Gasteiger partial charge on any atom is 0.303 e. The number of hydrogen-bond donors (Lipinski definition) is 2. The summed E-state index contributed by atoms with van der Waals surface area (Å²) in [5, 5.41) is 8.72. The van der Waals surface area contributed by atoms with Crippen molar-refractivity contribution in [1.29, 1.82) is 0 Å². The molecule has 0 aliphatic heterocycles. The van der Waals surface area contributed by atoms with Crippen molar-refractivity contribution in [3.63, 3.8) is 0 Å². The third-order valence-electron chi connectivity index (χ3n) is 2.74. The summed E-state index contributed by atoms with van der Waals surface area (Å²) in [7, 11) is 0. The summed E-state index contributed by atoms with van der Waals surface area (Å²) in [6, 6.07) is -0.0269. The van der Waals surface area contributed by atoms with Crippen molar-refractivity contribution in [2.24, 2.45) is 17.6 Å². The van der Waals surface area contributed by atoms with Crippen LogP contribution in [-0.2, 0) is 4.79 Å². The summed E-state index contributed by atoms with van der Waals surface area (Å²) >= 11 is 0. The first-order chi connectivity index (χ1) is 6.02. The molecule has 0 radical (unpaired) electrons. The fourth-order valence-electron chi connectivity index (χ4n) is 1.88. The lowest BCUT2D eigenvalue weighted by Gasteiger charge is -2.27. The van der Waals surface area contributed by atoms with Crippen LogP contribution in [0.4, 0.5) is 0 Å². The van der Waals surface area contributed by atoms with E-state index in [4.69, 9.17) is 10.8 Å². The van der Waals surface area contributed by atoms with Crippen molar-refractivity contribution in [1.82, 2.24) is 0 Å². The first kappa shape index (κ1) is 12.4. The highest BCUT2D eigenvalue weighted by Gasteiger charge is 2.24. The molecule has 3 nitrogen and oxygen atoms in total. The zero-order valence-electron chi connectivity index (χ0n) is 8.79. The summed E-state index contributed by atoms with van der Waals surface area (Å²) in [6.45, 7) is 6.07. The van der Waals surface area contributed by atoms with Crippen LogP contribution < -0.4 is 5.73 Å². The highest BCUT2D eigenvalue weighted by Crippen LogP contribution is 2.24. The molecule has 0 saturated heterocycles. The molecule has 0 aromatic heterocycles. The van der Waals surface area contributed by atoms with Crippen molar-refractivity contribution in [3.05, 3.63) is 0 Å². The van der Waals surface area contributed by atoms with Crippen molar-refractivity contribution in [3.8, 4) is 0 Å². The van der Waals surface area contributed by atoms with E-state index in [9.17, 15) is 4.79 Å². The maximum absolute atomic E-state index is 10.6. The van der Waals surface area contributed by atoms with E-state index in [1.54, 1.807) is 0 Å². The van der Waals surface area contributed by atoms with E-state index < -0.39 is 5.97 Å². The van der Waals surface area contributed by atoms with E-state index in [-0.39, 0.29) is 18.4 Å². The third kappa shape index (κ3) is 4.27. The van der Waals surface area contributed by atoms with Gasteiger partial charge in [-0.25, -0.2) is 0 Å². The van der Waals surface area contributed by atoms with Crippen LogP contribution in [-0.4, -0.2) is 17.1 Å². The zero-order valence-corrected chi connectivity index (χ0v) is 8.79. The Morgan fingerprint density at radius 3 is 2.08 bits per heavy atom. The second-order valence-electron chi connectivity index (χ2n) is 3.70. The molecular weight excluding hydrogens is 166 g/mol. The Balaban J connectivity index is 4.29. The van der Waals surface area contributed by atoms with Crippen LogP contribution in [0.3, 0.4) is 0 Å². The standard InChI is InChI=1S/C10H21NO2/c1-4-8(5-2)9(7(3)11)6-10(12)13/h7-9H,4-6,11H2,1-3H3,(H,12,13). The second kappa shape index (κ2) is 5.97. The van der Waals surface area contributed by atoms with Gasteiger partial charge in [-0.05, 0) is 18.8 Å². The summed E-state index contributed by atoms with van der Waals surface area (Å²) in [4.78, 5) is 10.6. The molecule has 0 rings (SSSR count). The van der Waals surface area contributed by atoms with Crippen LogP contribution >= 0.6 is 0 Å². The normalized spacial score (nSPS) is 15.8. The van der Waals surface area contributed by atoms with Gasteiger partial charge in [0.2, 0.25) is 0 Å². The van der Waals surface area contributed by atoms with E-state index in [0.717, 1.165) is 12.8 Å². The van der Waals surface area contributed by atoms with Gasteiger partial charge in [0.15, 0.2) is 0 Å². The number of hydrogen-bond acceptors (Lipinski definition) is 2. The number of carbonyl (C=O) groups is 1. The average molecular weight is 187 g/mol. The molecule has 3 heteroatoms. The minimum atomic E-state index is -0.741. The van der Waals surface area contributed by atoms with Crippen molar-refractivity contribution >= 4 is 5.97 Å². The molecule has 0 aromatic rings. The molecule has 0 aliphatic carbocycles. The van der Waals surface area contributed by atoms with Crippen molar-refractivity contribution in [2.75, 3.05) is 0 Å². The molecule has 0 heterocycles. The van der Waals surface area contributed by atoms with Gasteiger partial charge in [0.1, 0.15) is 0 Å². The van der Waals surface area contributed by atoms with Crippen LogP contribution in [0.15, 0.2) is 0 Å². The van der Waals surface area contributed by atoms with Crippen molar-refractivity contribution < 1.29 is 9.90 Å². The van der Waals surface area contributed by atoms with Gasteiger partial charge in [0, 0.05) is 12.5 Å². The Morgan fingerprint density at radius 2 is 1.85 bits per heavy atom. The topological polar surface area (TPSA) is 63.3 Å². The van der Waals surface area contributed by atoms with E-state index in [1.165, 1.54) is 0 Å². The Morgan fingerprint density at radius 1 is 1.38 bits per heavy atom. The van der Waals surface area contributed by atoms with Crippen LogP contribution in [0.5, 0.6) is 0 Å². The molecule has 0 saturated carbocycles. The molecule has 0 amide bonds. The minimum Gasteiger partial charge on any atom is -0.481 e. The van der Waals surface area contributed by atoms with E-state index in [1.807, 2.05) is 6.92 Å². The fourth-order valence-corrected chi connectivity index (χ4v) is 1.88. The molecule has 2 atom stereocenters. The summed E-state index contributed by atoms with van der Waals surface area (Å²) in [5.74, 6) is -0.183. The summed E-state index contributed by atoms with van der Waals surface area (Å²) in [5.41, 5.74) is 5.77. The first-order valence-electron chi connectivity index (χ1n) is 5.00. The maximum atomic E-state index is 10.6. The monoisotopic (exact) mass is 187 g/mol. The van der Waals surface area contributed by atoms with Gasteiger partial charge in [0.05, 0.1) is 0 Å². The van der Waals surface area contributed by atoms with E-state index in [0.29, 0.717) is 5.92 Å². The predicted molar refractivity (Wildman–Crippen MR) is 53.5 cm³/mol. The van der Waals surface area contributed by atoms with Gasteiger partial charge in [-0.15, -0.1) is 0 Å². The molecule has 0 fully saturated rings. The van der Waals surface area contributed by atoms with Gasteiger partial charge in [-0.3, -0.25) is 4.79 Å². The van der Waals surface area contributed by atoms with Crippen LogP contribution in [0.2, 0.25) is 0 Å². The van der Waals surface area contributed by atoms with Gasteiger partial charge in [-0.1, -0.05) is 26.7 Å². The Kier molecular flexibility index (Phi) is 5.71. The smallest absolute Gasteiger partial charge is 0.303 e. The molecule has 2 unspecified atom stereocenters. The fraction of sp³-hybridized carbons (Fsp3) is 0.900. The average Bonchev–Trinajstić information content (AvgIpc) is 2.04. The number of carboxylic acid groups (broad SMARTS) is 1. The lowest BCUT2D eigenvalue weighted by molar-refractivity contribution is -0.138. The van der Waals surface area contributed by atoms with Gasteiger partial charge in [0.25, 0.3) is 0 Å². The molecular formula is C10H21NO2. The number of nitrogens with two attached hydrogens (primary N) is 1. The molecule has 0 bridgehead atoms. The quantitative estimate of drug-likeness (QED) is 0.667. The lowest BCUT2D eigenvalue weighted by Crippen LogP contribution is -2.34. The molecule has 78 valence electrons. The van der Waals surface area contributed by atoms with Crippen LogP contribution in [0.1, 0.15) is 40.0 Å². The minimum absolute atomic E-state index is 0.0269. The lowest BCUT2D eigenvalue weighted by atomic mass is 9.81. The highest BCUT2D eigenvalue weighted by atomic mass is 16.4. The largest absolute Gasteiger partial charge is 0.481 e. The number of rotatable bonds is 6. The Labute approximate surface area is 80.3 Å².